The fraction of sp³-hybridized carbons (Fsp3) is 0.286. The van der Waals surface area contributed by atoms with Crippen molar-refractivity contribution in [3.05, 3.63) is 65.7 Å². The number of nitrogens with zero attached hydrogens (tertiary/aromatic N) is 2. The highest BCUT2D eigenvalue weighted by Gasteiger charge is 2.16. The van der Waals surface area contributed by atoms with Crippen LogP contribution in [-0.4, -0.2) is 58.3 Å². The summed E-state index contributed by atoms with van der Waals surface area (Å²) in [6, 6.07) is 14.2. The molecule has 0 aliphatic carbocycles. The molecule has 2 aromatic carbocycles. The number of hydrogen-bond acceptors (Lipinski definition) is 4. The van der Waals surface area contributed by atoms with Gasteiger partial charge in [-0.15, -0.1) is 0 Å². The molecule has 2 rings (SSSR count). The number of likely N-dealkylation sites (N-methyl/N-ethyl adjacent to an activating group) is 1. The summed E-state index contributed by atoms with van der Waals surface area (Å²) in [5, 5.41) is 0. The summed E-state index contributed by atoms with van der Waals surface area (Å²) in [6.45, 7) is 0.559. The van der Waals surface area contributed by atoms with E-state index in [1.165, 1.54) is 32.3 Å². The zero-order chi connectivity index (χ0) is 20.7. The molecule has 0 aliphatic rings. The van der Waals surface area contributed by atoms with Gasteiger partial charge in [-0.1, -0.05) is 30.3 Å². The molecule has 1 amide bonds. The van der Waals surface area contributed by atoms with Crippen molar-refractivity contribution in [2.24, 2.45) is 0 Å². The van der Waals surface area contributed by atoms with Crippen molar-refractivity contribution in [3.63, 3.8) is 0 Å². The lowest BCUT2D eigenvalue weighted by molar-refractivity contribution is -0.124. The second-order valence-corrected chi connectivity index (χ2v) is 8.66. The minimum atomic E-state index is -3.45. The zero-order valence-electron chi connectivity index (χ0n) is 16.6. The maximum Gasteiger partial charge on any atom is 0.246 e. The van der Waals surface area contributed by atoms with E-state index in [2.05, 4.69) is 0 Å². The van der Waals surface area contributed by atoms with Crippen LogP contribution in [0.3, 0.4) is 0 Å². The summed E-state index contributed by atoms with van der Waals surface area (Å²) in [5.74, 6) is 0.687. The highest BCUT2D eigenvalue weighted by Crippen LogP contribution is 2.18. The fourth-order valence-corrected chi connectivity index (χ4v) is 3.47. The van der Waals surface area contributed by atoms with Gasteiger partial charge in [0.05, 0.1) is 12.0 Å². The minimum absolute atomic E-state index is 0.125. The Morgan fingerprint density at radius 2 is 1.68 bits per heavy atom. The number of carbonyl (C=O) groups is 1. The van der Waals surface area contributed by atoms with Crippen molar-refractivity contribution in [2.45, 2.75) is 11.3 Å². The second-order valence-electron chi connectivity index (χ2n) is 6.51. The molecule has 0 aromatic heterocycles. The van der Waals surface area contributed by atoms with E-state index in [9.17, 15) is 13.2 Å². The minimum Gasteiger partial charge on any atom is -0.496 e. The fourth-order valence-electron chi connectivity index (χ4n) is 2.56. The number of amides is 1. The van der Waals surface area contributed by atoms with Crippen molar-refractivity contribution >= 4 is 22.0 Å². The first kappa shape index (κ1) is 21.7. The molecule has 0 spiro atoms. The van der Waals surface area contributed by atoms with Crippen LogP contribution in [0.2, 0.25) is 0 Å². The normalized spacial score (nSPS) is 11.8. The molecule has 0 unspecified atom stereocenters. The Bertz CT molecular complexity index is 935. The van der Waals surface area contributed by atoms with Crippen molar-refractivity contribution in [2.75, 3.05) is 34.8 Å². The lowest BCUT2D eigenvalue weighted by Gasteiger charge is -2.16. The molecule has 0 N–H and O–H groups in total. The molecule has 6 nitrogen and oxygen atoms in total. The van der Waals surface area contributed by atoms with Gasteiger partial charge in [0.15, 0.2) is 0 Å². The molecule has 0 atom stereocenters. The van der Waals surface area contributed by atoms with E-state index in [-0.39, 0.29) is 10.8 Å². The number of benzene rings is 2. The van der Waals surface area contributed by atoms with E-state index in [1.54, 1.807) is 37.3 Å². The first-order valence-electron chi connectivity index (χ1n) is 8.83. The SMILES string of the molecule is COc1ccccc1CCN(C)C(=O)/C=C/c1ccc(S(=O)(=O)N(C)C)cc1. The molecule has 7 heteroatoms. The summed E-state index contributed by atoms with van der Waals surface area (Å²) in [4.78, 5) is 14.2. The Kier molecular flexibility index (Phi) is 7.37. The molecule has 150 valence electrons. The van der Waals surface area contributed by atoms with E-state index in [4.69, 9.17) is 4.74 Å². The average Bonchev–Trinajstić information content (AvgIpc) is 2.70. The third-order valence-corrected chi connectivity index (χ3v) is 6.19. The summed E-state index contributed by atoms with van der Waals surface area (Å²) < 4.78 is 30.6. The van der Waals surface area contributed by atoms with Crippen LogP contribution >= 0.6 is 0 Å². The highest BCUT2D eigenvalue weighted by atomic mass is 32.2. The van der Waals surface area contributed by atoms with Gasteiger partial charge in [-0.3, -0.25) is 4.79 Å². The van der Waals surface area contributed by atoms with Crippen molar-refractivity contribution in [1.29, 1.82) is 0 Å². The maximum atomic E-state index is 12.3. The predicted octanol–water partition coefficient (Wildman–Crippen LogP) is 2.66. The van der Waals surface area contributed by atoms with Gasteiger partial charge in [0.2, 0.25) is 15.9 Å². The van der Waals surface area contributed by atoms with E-state index in [0.29, 0.717) is 13.0 Å². The number of hydrogen-bond donors (Lipinski definition) is 0. The molecule has 0 heterocycles. The molecular formula is C21H26N2O4S. The highest BCUT2D eigenvalue weighted by molar-refractivity contribution is 7.89. The first-order valence-corrected chi connectivity index (χ1v) is 10.3. The van der Waals surface area contributed by atoms with Gasteiger partial charge in [-0.25, -0.2) is 12.7 Å². The summed E-state index contributed by atoms with van der Waals surface area (Å²) in [5.41, 5.74) is 1.80. The lowest BCUT2D eigenvalue weighted by atomic mass is 10.1. The van der Waals surface area contributed by atoms with E-state index >= 15 is 0 Å². The Morgan fingerprint density at radius 3 is 2.29 bits per heavy atom. The second kappa shape index (κ2) is 9.52. The van der Waals surface area contributed by atoms with E-state index in [0.717, 1.165) is 21.2 Å². The number of rotatable bonds is 8. The first-order chi connectivity index (χ1) is 13.3. The van der Waals surface area contributed by atoms with Gasteiger partial charge in [-0.2, -0.15) is 0 Å². The molecule has 0 aliphatic heterocycles. The van der Waals surface area contributed by atoms with Crippen LogP contribution in [0.4, 0.5) is 0 Å². The Labute approximate surface area is 167 Å². The van der Waals surface area contributed by atoms with Crippen molar-refractivity contribution < 1.29 is 17.9 Å². The number of methoxy groups -OCH3 is 1. The van der Waals surface area contributed by atoms with Crippen LogP contribution in [0.25, 0.3) is 6.08 Å². The molecular weight excluding hydrogens is 376 g/mol. The number of carbonyl (C=O) groups excluding carboxylic acids is 1. The third kappa shape index (κ3) is 5.43. The van der Waals surface area contributed by atoms with Gasteiger partial charge in [0, 0.05) is 33.8 Å². The Hall–Kier alpha value is -2.64. The van der Waals surface area contributed by atoms with Gasteiger partial charge >= 0.3 is 0 Å². The Balaban J connectivity index is 1.97. The monoisotopic (exact) mass is 402 g/mol. The van der Waals surface area contributed by atoms with Crippen LogP contribution in [-0.2, 0) is 21.2 Å². The quantitative estimate of drug-likeness (QED) is 0.637. The predicted molar refractivity (Wildman–Crippen MR) is 111 cm³/mol. The Morgan fingerprint density at radius 1 is 1.04 bits per heavy atom. The van der Waals surface area contributed by atoms with Crippen LogP contribution in [0, 0.1) is 0 Å². The van der Waals surface area contributed by atoms with Gasteiger partial charge < -0.3 is 9.64 Å². The van der Waals surface area contributed by atoms with Crippen LogP contribution in [0.5, 0.6) is 5.75 Å². The molecule has 0 saturated carbocycles. The molecule has 0 fully saturated rings. The lowest BCUT2D eigenvalue weighted by Crippen LogP contribution is -2.27. The number of ether oxygens (including phenoxy) is 1. The van der Waals surface area contributed by atoms with Crippen molar-refractivity contribution in [1.82, 2.24) is 9.21 Å². The summed E-state index contributed by atoms with van der Waals surface area (Å²) >= 11 is 0. The third-order valence-electron chi connectivity index (χ3n) is 4.36. The molecule has 0 radical (unpaired) electrons. The standard InChI is InChI=1S/C21H26N2O4S/c1-22(2)28(25,26)19-12-9-17(10-13-19)11-14-21(24)23(3)16-15-18-7-5-6-8-20(18)27-4/h5-14H,15-16H2,1-4H3/b14-11+. The van der Waals surface area contributed by atoms with Crippen LogP contribution < -0.4 is 4.74 Å². The molecule has 0 bridgehead atoms. The van der Waals surface area contributed by atoms with E-state index in [1.807, 2.05) is 24.3 Å². The van der Waals surface area contributed by atoms with Gasteiger partial charge in [0.1, 0.15) is 5.75 Å². The largest absolute Gasteiger partial charge is 0.496 e. The molecule has 2 aromatic rings. The number of sulfonamides is 1. The summed E-state index contributed by atoms with van der Waals surface area (Å²) in [6.07, 6.45) is 3.85. The van der Waals surface area contributed by atoms with Crippen LogP contribution in [0.15, 0.2) is 59.5 Å². The smallest absolute Gasteiger partial charge is 0.246 e. The maximum absolute atomic E-state index is 12.3. The zero-order valence-corrected chi connectivity index (χ0v) is 17.4. The average molecular weight is 403 g/mol. The van der Waals surface area contributed by atoms with Crippen LogP contribution in [0.1, 0.15) is 11.1 Å². The van der Waals surface area contributed by atoms with E-state index < -0.39 is 10.0 Å². The summed E-state index contributed by atoms with van der Waals surface area (Å²) in [7, 11) is 2.90. The topological polar surface area (TPSA) is 66.9 Å². The molecule has 28 heavy (non-hydrogen) atoms. The number of para-hydroxylation sites is 1. The van der Waals surface area contributed by atoms with Crippen molar-refractivity contribution in [3.8, 4) is 5.75 Å². The van der Waals surface area contributed by atoms with Gasteiger partial charge in [0.25, 0.3) is 0 Å². The van der Waals surface area contributed by atoms with Gasteiger partial charge in [-0.05, 0) is 41.8 Å². The molecule has 0 saturated heterocycles.